The number of nitrogens with one attached hydrogen (secondary N) is 1. The van der Waals surface area contributed by atoms with Gasteiger partial charge in [-0.25, -0.2) is 0 Å². The lowest BCUT2D eigenvalue weighted by Gasteiger charge is -2.29. The first kappa shape index (κ1) is 16.5. The van der Waals surface area contributed by atoms with E-state index in [1.165, 1.54) is 5.56 Å². The van der Waals surface area contributed by atoms with Crippen molar-refractivity contribution in [3.05, 3.63) is 34.9 Å². The molecular weight excluding hydrogens is 256 g/mol. The van der Waals surface area contributed by atoms with Gasteiger partial charge in [0.25, 0.3) is 0 Å². The van der Waals surface area contributed by atoms with Crippen molar-refractivity contribution in [1.82, 2.24) is 10.2 Å². The van der Waals surface area contributed by atoms with Crippen LogP contribution in [0.25, 0.3) is 0 Å². The Morgan fingerprint density at radius 2 is 1.84 bits per heavy atom. The molecule has 2 unspecified atom stereocenters. The molecule has 0 saturated heterocycles. The summed E-state index contributed by atoms with van der Waals surface area (Å²) in [6.07, 6.45) is 1.06. The van der Waals surface area contributed by atoms with E-state index in [0.717, 1.165) is 18.0 Å². The van der Waals surface area contributed by atoms with Gasteiger partial charge in [0.2, 0.25) is 0 Å². The molecule has 0 saturated carbocycles. The molecule has 2 nitrogen and oxygen atoms in total. The van der Waals surface area contributed by atoms with Crippen LogP contribution in [0.1, 0.15) is 38.8 Å². The highest BCUT2D eigenvalue weighted by Gasteiger charge is 2.16. The Kier molecular flexibility index (Phi) is 6.84. The van der Waals surface area contributed by atoms with Crippen LogP contribution in [0.2, 0.25) is 5.02 Å². The lowest BCUT2D eigenvalue weighted by molar-refractivity contribution is 0.199. The van der Waals surface area contributed by atoms with E-state index in [0.29, 0.717) is 18.0 Å². The molecule has 0 fully saturated rings. The number of hydrogen-bond donors (Lipinski definition) is 1. The Hall–Kier alpha value is -0.570. The van der Waals surface area contributed by atoms with Crippen molar-refractivity contribution in [2.45, 2.75) is 39.3 Å². The van der Waals surface area contributed by atoms with Crippen LogP contribution >= 0.6 is 11.6 Å². The zero-order valence-electron chi connectivity index (χ0n) is 12.8. The average molecular weight is 283 g/mol. The normalized spacial score (nSPS) is 14.9. The minimum atomic E-state index is 0.315. The zero-order valence-corrected chi connectivity index (χ0v) is 13.5. The monoisotopic (exact) mass is 282 g/mol. The molecule has 1 aromatic carbocycles. The first-order valence-corrected chi connectivity index (χ1v) is 7.47. The van der Waals surface area contributed by atoms with E-state index in [4.69, 9.17) is 11.6 Å². The molecule has 1 rings (SSSR count). The molecule has 2 atom stereocenters. The second-order valence-electron chi connectivity index (χ2n) is 5.62. The van der Waals surface area contributed by atoms with E-state index in [9.17, 15) is 0 Å². The van der Waals surface area contributed by atoms with Gasteiger partial charge in [-0.2, -0.15) is 0 Å². The van der Waals surface area contributed by atoms with Gasteiger partial charge >= 0.3 is 0 Å². The summed E-state index contributed by atoms with van der Waals surface area (Å²) in [6.45, 7) is 7.89. The summed E-state index contributed by atoms with van der Waals surface area (Å²) in [5.74, 6) is 0.679. The molecule has 1 N–H and O–H groups in total. The molecule has 1 aromatic rings. The van der Waals surface area contributed by atoms with Crippen molar-refractivity contribution < 1.29 is 0 Å². The van der Waals surface area contributed by atoms with Crippen LogP contribution in [-0.4, -0.2) is 31.6 Å². The highest BCUT2D eigenvalue weighted by molar-refractivity contribution is 6.31. The second-order valence-corrected chi connectivity index (χ2v) is 6.02. The maximum absolute atomic E-state index is 6.27. The Morgan fingerprint density at radius 3 is 2.37 bits per heavy atom. The van der Waals surface area contributed by atoms with Crippen LogP contribution in [-0.2, 0) is 0 Å². The molecule has 3 heteroatoms. The minimum absolute atomic E-state index is 0.315. The Morgan fingerprint density at radius 1 is 1.21 bits per heavy atom. The molecule has 0 aromatic heterocycles. The third kappa shape index (κ3) is 4.79. The van der Waals surface area contributed by atoms with Gasteiger partial charge in [-0.05, 0) is 51.5 Å². The van der Waals surface area contributed by atoms with Crippen LogP contribution in [0.5, 0.6) is 0 Å². The lowest BCUT2D eigenvalue weighted by atomic mass is 10.0. The predicted molar refractivity (Wildman–Crippen MR) is 84.8 cm³/mol. The van der Waals surface area contributed by atoms with Gasteiger partial charge < -0.3 is 10.2 Å². The second kappa shape index (κ2) is 7.88. The summed E-state index contributed by atoms with van der Waals surface area (Å²) in [4.78, 5) is 2.42. The number of benzene rings is 1. The first-order valence-electron chi connectivity index (χ1n) is 7.09. The van der Waals surface area contributed by atoms with Crippen molar-refractivity contribution in [2.75, 3.05) is 20.6 Å². The summed E-state index contributed by atoms with van der Waals surface area (Å²) in [5.41, 5.74) is 1.19. The minimum Gasteiger partial charge on any atom is -0.313 e. The van der Waals surface area contributed by atoms with Crippen molar-refractivity contribution in [3.63, 3.8) is 0 Å². The maximum Gasteiger partial charge on any atom is 0.0453 e. The molecule has 0 aliphatic heterocycles. The standard InChI is InChI=1S/C16H27ClN2/c1-12(2)13(3)19(5)11-10-16(18-4)14-8-6-7-9-15(14)17/h6-9,12-13,16,18H,10-11H2,1-5H3. The van der Waals surface area contributed by atoms with Gasteiger partial charge in [-0.1, -0.05) is 43.6 Å². The highest BCUT2D eigenvalue weighted by atomic mass is 35.5. The van der Waals surface area contributed by atoms with Crippen LogP contribution in [0.3, 0.4) is 0 Å². The Labute approximate surface area is 123 Å². The Bertz CT molecular complexity index is 379. The molecule has 0 amide bonds. The van der Waals surface area contributed by atoms with E-state index in [-0.39, 0.29) is 0 Å². The third-order valence-corrected chi connectivity index (χ3v) is 4.40. The van der Waals surface area contributed by atoms with Gasteiger partial charge in [-0.3, -0.25) is 0 Å². The molecule has 0 radical (unpaired) electrons. The summed E-state index contributed by atoms with van der Waals surface area (Å²) < 4.78 is 0. The fourth-order valence-electron chi connectivity index (χ4n) is 2.26. The SMILES string of the molecule is CNC(CCN(C)C(C)C(C)C)c1ccccc1Cl. The molecular formula is C16H27ClN2. The van der Waals surface area contributed by atoms with E-state index in [2.05, 4.69) is 44.1 Å². The maximum atomic E-state index is 6.27. The van der Waals surface area contributed by atoms with Gasteiger partial charge in [0.15, 0.2) is 0 Å². The summed E-state index contributed by atoms with van der Waals surface area (Å²) in [5, 5.41) is 4.22. The van der Waals surface area contributed by atoms with E-state index in [1.807, 2.05) is 25.2 Å². The number of rotatable bonds is 7. The highest BCUT2D eigenvalue weighted by Crippen LogP contribution is 2.25. The zero-order chi connectivity index (χ0) is 14.4. The van der Waals surface area contributed by atoms with Crippen molar-refractivity contribution in [1.29, 1.82) is 0 Å². The van der Waals surface area contributed by atoms with Crippen LogP contribution in [0.15, 0.2) is 24.3 Å². The van der Waals surface area contributed by atoms with Crippen molar-refractivity contribution in [2.24, 2.45) is 5.92 Å². The fourth-order valence-corrected chi connectivity index (χ4v) is 2.53. The largest absolute Gasteiger partial charge is 0.313 e. The molecule has 0 aliphatic carbocycles. The van der Waals surface area contributed by atoms with Crippen molar-refractivity contribution >= 4 is 11.6 Å². The molecule has 0 spiro atoms. The predicted octanol–water partition coefficient (Wildman–Crippen LogP) is 3.97. The first-order chi connectivity index (χ1) is 8.97. The number of hydrogen-bond acceptors (Lipinski definition) is 2. The van der Waals surface area contributed by atoms with Crippen LogP contribution in [0, 0.1) is 5.92 Å². The average Bonchev–Trinajstić information content (AvgIpc) is 2.39. The lowest BCUT2D eigenvalue weighted by Crippen LogP contribution is -2.35. The smallest absolute Gasteiger partial charge is 0.0453 e. The van der Waals surface area contributed by atoms with E-state index in [1.54, 1.807) is 0 Å². The van der Waals surface area contributed by atoms with Crippen LogP contribution < -0.4 is 5.32 Å². The summed E-state index contributed by atoms with van der Waals surface area (Å²) >= 11 is 6.27. The van der Waals surface area contributed by atoms with Gasteiger partial charge in [0.05, 0.1) is 0 Å². The Balaban J connectivity index is 2.61. The van der Waals surface area contributed by atoms with E-state index >= 15 is 0 Å². The van der Waals surface area contributed by atoms with Gasteiger partial charge in [0.1, 0.15) is 0 Å². The number of nitrogens with zero attached hydrogens (tertiary/aromatic N) is 1. The summed E-state index contributed by atoms with van der Waals surface area (Å²) in [7, 11) is 4.20. The molecule has 0 heterocycles. The molecule has 0 aliphatic rings. The molecule has 108 valence electrons. The number of halogens is 1. The molecule has 19 heavy (non-hydrogen) atoms. The third-order valence-electron chi connectivity index (χ3n) is 4.06. The quantitative estimate of drug-likeness (QED) is 0.814. The van der Waals surface area contributed by atoms with E-state index < -0.39 is 0 Å². The molecule has 0 bridgehead atoms. The summed E-state index contributed by atoms with van der Waals surface area (Å²) in [6, 6.07) is 9.01. The van der Waals surface area contributed by atoms with Gasteiger partial charge in [-0.15, -0.1) is 0 Å². The van der Waals surface area contributed by atoms with Crippen LogP contribution in [0.4, 0.5) is 0 Å². The topological polar surface area (TPSA) is 15.3 Å². The van der Waals surface area contributed by atoms with Crippen molar-refractivity contribution in [3.8, 4) is 0 Å². The fraction of sp³-hybridized carbons (Fsp3) is 0.625. The van der Waals surface area contributed by atoms with Gasteiger partial charge in [0, 0.05) is 17.1 Å².